The molecule has 1 fully saturated rings. The van der Waals surface area contributed by atoms with Crippen LogP contribution in [0.4, 0.5) is 5.95 Å². The van der Waals surface area contributed by atoms with Gasteiger partial charge in [0.25, 0.3) is 0 Å². The molecule has 0 amide bonds. The molecule has 7 heteroatoms. The molecule has 0 radical (unpaired) electrons. The molecular formula is C17H24N4O3. The van der Waals surface area contributed by atoms with Gasteiger partial charge >= 0.3 is 0 Å². The van der Waals surface area contributed by atoms with E-state index in [0.29, 0.717) is 19.2 Å². The van der Waals surface area contributed by atoms with Crippen LogP contribution < -0.4 is 10.2 Å². The van der Waals surface area contributed by atoms with Crippen LogP contribution in [0.1, 0.15) is 18.6 Å². The van der Waals surface area contributed by atoms with Crippen LogP contribution in [0.2, 0.25) is 0 Å². The number of aliphatic hydroxyl groups is 1. The fourth-order valence-electron chi connectivity index (χ4n) is 2.83. The van der Waals surface area contributed by atoms with E-state index in [1.54, 1.807) is 18.7 Å². The number of aromatic nitrogens is 2. The first-order valence-electron chi connectivity index (χ1n) is 8.35. The zero-order valence-corrected chi connectivity index (χ0v) is 13.7. The van der Waals surface area contributed by atoms with E-state index in [4.69, 9.17) is 9.15 Å². The highest BCUT2D eigenvalue weighted by molar-refractivity contribution is 5.29. The van der Waals surface area contributed by atoms with Crippen molar-refractivity contribution in [3.63, 3.8) is 0 Å². The highest BCUT2D eigenvalue weighted by Gasteiger charge is 2.21. The molecule has 1 aliphatic rings. The van der Waals surface area contributed by atoms with Crippen molar-refractivity contribution in [1.29, 1.82) is 0 Å². The van der Waals surface area contributed by atoms with E-state index in [9.17, 15) is 5.11 Å². The predicted octanol–water partition coefficient (Wildman–Crippen LogP) is 1.21. The topological polar surface area (TPSA) is 83.7 Å². The first kappa shape index (κ1) is 16.9. The Hall–Kier alpha value is -1.96. The Morgan fingerprint density at radius 2 is 2.25 bits per heavy atom. The Balaban J connectivity index is 1.36. The Morgan fingerprint density at radius 1 is 1.38 bits per heavy atom. The number of nitrogens with one attached hydrogen (secondary N) is 1. The van der Waals surface area contributed by atoms with Crippen molar-refractivity contribution < 1.29 is 14.3 Å². The van der Waals surface area contributed by atoms with Crippen LogP contribution in [0.3, 0.4) is 0 Å². The number of anilines is 1. The van der Waals surface area contributed by atoms with Crippen LogP contribution in [0.5, 0.6) is 0 Å². The third kappa shape index (κ3) is 5.02. The second kappa shape index (κ2) is 8.77. The normalized spacial score (nSPS) is 19.4. The van der Waals surface area contributed by atoms with Crippen LogP contribution in [-0.2, 0) is 11.3 Å². The van der Waals surface area contributed by atoms with Crippen LogP contribution >= 0.6 is 0 Å². The van der Waals surface area contributed by atoms with Gasteiger partial charge in [0.2, 0.25) is 5.95 Å². The fourth-order valence-corrected chi connectivity index (χ4v) is 2.83. The molecule has 0 spiro atoms. The molecule has 0 aromatic carbocycles. The summed E-state index contributed by atoms with van der Waals surface area (Å²) < 4.78 is 10.6. The van der Waals surface area contributed by atoms with Crippen molar-refractivity contribution in [3.8, 4) is 0 Å². The molecule has 2 aromatic heterocycles. The van der Waals surface area contributed by atoms with E-state index in [-0.39, 0.29) is 6.61 Å². The van der Waals surface area contributed by atoms with Crippen LogP contribution in [0.25, 0.3) is 0 Å². The molecule has 7 nitrogen and oxygen atoms in total. The Kier molecular flexibility index (Phi) is 6.17. The fraction of sp³-hybridized carbons (Fsp3) is 0.529. The number of piperidine rings is 1. The Morgan fingerprint density at radius 3 is 3.04 bits per heavy atom. The number of hydrogen-bond donors (Lipinski definition) is 2. The molecule has 24 heavy (non-hydrogen) atoms. The minimum atomic E-state index is -0.539. The highest BCUT2D eigenvalue weighted by atomic mass is 16.5. The van der Waals surface area contributed by atoms with Crippen molar-refractivity contribution >= 4 is 5.95 Å². The van der Waals surface area contributed by atoms with Gasteiger partial charge in [-0.1, -0.05) is 0 Å². The Bertz CT molecular complexity index is 579. The van der Waals surface area contributed by atoms with Crippen molar-refractivity contribution in [2.24, 2.45) is 0 Å². The van der Waals surface area contributed by atoms with Gasteiger partial charge in [0.15, 0.2) is 0 Å². The van der Waals surface area contributed by atoms with Gasteiger partial charge < -0.3 is 24.5 Å². The minimum Gasteiger partial charge on any atom is -0.467 e. The van der Waals surface area contributed by atoms with Crippen molar-refractivity contribution in [2.75, 3.05) is 31.1 Å². The summed E-state index contributed by atoms with van der Waals surface area (Å²) in [4.78, 5) is 10.8. The van der Waals surface area contributed by atoms with Gasteiger partial charge in [-0.25, -0.2) is 9.97 Å². The first-order chi connectivity index (χ1) is 11.8. The number of ether oxygens (including phenoxy) is 1. The maximum absolute atomic E-state index is 10.0. The van der Waals surface area contributed by atoms with E-state index in [1.165, 1.54) is 0 Å². The first-order valence-corrected chi connectivity index (χ1v) is 8.35. The zero-order valence-electron chi connectivity index (χ0n) is 13.7. The summed E-state index contributed by atoms with van der Waals surface area (Å²) in [6.07, 6.45) is 6.77. The number of hydrogen-bond acceptors (Lipinski definition) is 7. The molecule has 1 aliphatic heterocycles. The summed E-state index contributed by atoms with van der Waals surface area (Å²) in [6.45, 7) is 2.99. The summed E-state index contributed by atoms with van der Waals surface area (Å²) in [6, 6.07) is 5.82. The molecule has 2 N–H and O–H groups in total. The van der Waals surface area contributed by atoms with Crippen LogP contribution in [-0.4, -0.2) is 53.5 Å². The van der Waals surface area contributed by atoms with E-state index in [2.05, 4.69) is 20.2 Å². The van der Waals surface area contributed by atoms with E-state index >= 15 is 0 Å². The average molecular weight is 332 g/mol. The second-order valence-electron chi connectivity index (χ2n) is 5.99. The number of rotatable bonds is 8. The minimum absolute atomic E-state index is 0.284. The van der Waals surface area contributed by atoms with E-state index in [0.717, 1.165) is 37.6 Å². The van der Waals surface area contributed by atoms with Gasteiger partial charge in [-0.3, -0.25) is 0 Å². The van der Waals surface area contributed by atoms with Gasteiger partial charge in [0.05, 0.1) is 19.0 Å². The smallest absolute Gasteiger partial charge is 0.225 e. The van der Waals surface area contributed by atoms with Crippen molar-refractivity contribution in [3.05, 3.63) is 42.6 Å². The zero-order chi connectivity index (χ0) is 16.6. The van der Waals surface area contributed by atoms with Gasteiger partial charge in [0, 0.05) is 38.1 Å². The second-order valence-corrected chi connectivity index (χ2v) is 5.99. The number of aliphatic hydroxyl groups excluding tert-OH is 1. The molecule has 2 atom stereocenters. The van der Waals surface area contributed by atoms with Gasteiger partial charge in [-0.05, 0) is 31.0 Å². The third-order valence-electron chi connectivity index (χ3n) is 4.03. The standard InChI is InChI=1S/C17H24N4O3/c22-15(12-23-13-16-5-2-9-24-16)10-20-14-4-1-8-21(11-14)17-18-6-3-7-19-17/h2-3,5-7,9,14-15,20,22H,1,4,8,10-13H2/t14-,15+/m1/s1. The maximum Gasteiger partial charge on any atom is 0.225 e. The van der Waals surface area contributed by atoms with Gasteiger partial charge in [-0.2, -0.15) is 0 Å². The number of nitrogens with zero attached hydrogens (tertiary/aromatic N) is 3. The van der Waals surface area contributed by atoms with E-state index < -0.39 is 6.10 Å². The van der Waals surface area contributed by atoms with Crippen LogP contribution in [0, 0.1) is 0 Å². The maximum atomic E-state index is 10.0. The molecule has 3 heterocycles. The Labute approximate surface area is 141 Å². The van der Waals surface area contributed by atoms with Crippen molar-refractivity contribution in [2.45, 2.75) is 31.6 Å². The lowest BCUT2D eigenvalue weighted by Gasteiger charge is -2.33. The molecule has 2 aromatic rings. The van der Waals surface area contributed by atoms with Gasteiger partial charge in [0.1, 0.15) is 12.4 Å². The quantitative estimate of drug-likeness (QED) is 0.751. The van der Waals surface area contributed by atoms with Crippen LogP contribution in [0.15, 0.2) is 41.3 Å². The summed E-state index contributed by atoms with van der Waals surface area (Å²) in [7, 11) is 0. The largest absolute Gasteiger partial charge is 0.467 e. The predicted molar refractivity (Wildman–Crippen MR) is 89.6 cm³/mol. The average Bonchev–Trinajstić information content (AvgIpc) is 3.14. The molecule has 0 aliphatic carbocycles. The summed E-state index contributed by atoms with van der Waals surface area (Å²) in [5.41, 5.74) is 0. The van der Waals surface area contributed by atoms with Gasteiger partial charge in [-0.15, -0.1) is 0 Å². The molecule has 3 rings (SSSR count). The molecule has 0 saturated carbocycles. The lowest BCUT2D eigenvalue weighted by molar-refractivity contribution is 0.0213. The number of furan rings is 1. The molecule has 1 saturated heterocycles. The monoisotopic (exact) mass is 332 g/mol. The lowest BCUT2D eigenvalue weighted by atomic mass is 10.1. The molecule has 0 bridgehead atoms. The SMILES string of the molecule is O[C@@H](CN[C@@H]1CCCN(c2ncccn2)C1)COCc1ccco1. The summed E-state index contributed by atoms with van der Waals surface area (Å²) in [5, 5.41) is 13.4. The lowest BCUT2D eigenvalue weighted by Crippen LogP contribution is -2.48. The molecule has 130 valence electrons. The molecular weight excluding hydrogens is 308 g/mol. The third-order valence-corrected chi connectivity index (χ3v) is 4.03. The van der Waals surface area contributed by atoms with Crippen molar-refractivity contribution in [1.82, 2.24) is 15.3 Å². The molecule has 0 unspecified atom stereocenters. The summed E-state index contributed by atoms with van der Waals surface area (Å²) >= 11 is 0. The summed E-state index contributed by atoms with van der Waals surface area (Å²) in [5.74, 6) is 1.53. The highest BCUT2D eigenvalue weighted by Crippen LogP contribution is 2.15. The van der Waals surface area contributed by atoms with E-state index in [1.807, 2.05) is 18.2 Å².